The molecule has 0 N–H and O–H groups in total. The molecule has 0 aliphatic carbocycles. The first kappa shape index (κ1) is 18.2. The van der Waals surface area contributed by atoms with Crippen molar-refractivity contribution in [2.24, 2.45) is 0 Å². The Balaban J connectivity index is 2.27. The lowest BCUT2D eigenvalue weighted by Gasteiger charge is -2.24. The highest BCUT2D eigenvalue weighted by Crippen LogP contribution is 2.19. The van der Waals surface area contributed by atoms with Crippen molar-refractivity contribution in [3.63, 3.8) is 0 Å². The van der Waals surface area contributed by atoms with Gasteiger partial charge in [0.25, 0.3) is 10.0 Å². The Labute approximate surface area is 145 Å². The van der Waals surface area contributed by atoms with Crippen LogP contribution >= 0.6 is 0 Å². The maximum absolute atomic E-state index is 12.8. The SMILES string of the molecule is Cc1ccc(/C=C/S(=O)(=O)N(CCN(C)C)c2ccccc2)cc1. The van der Waals surface area contributed by atoms with Crippen LogP contribution in [0.25, 0.3) is 6.08 Å². The van der Waals surface area contributed by atoms with Gasteiger partial charge >= 0.3 is 0 Å². The van der Waals surface area contributed by atoms with Gasteiger partial charge in [-0.1, -0.05) is 48.0 Å². The van der Waals surface area contributed by atoms with Gasteiger partial charge in [-0.15, -0.1) is 0 Å². The lowest BCUT2D eigenvalue weighted by atomic mass is 10.2. The Hall–Kier alpha value is -2.11. The molecule has 2 aromatic carbocycles. The summed E-state index contributed by atoms with van der Waals surface area (Å²) in [5, 5.41) is 1.28. The number of benzene rings is 2. The molecule has 0 saturated heterocycles. The van der Waals surface area contributed by atoms with Crippen molar-refractivity contribution in [1.29, 1.82) is 0 Å². The Morgan fingerprint density at radius 3 is 2.12 bits per heavy atom. The number of rotatable bonds is 7. The molecule has 0 spiro atoms. The van der Waals surface area contributed by atoms with Gasteiger partial charge < -0.3 is 4.90 Å². The lowest BCUT2D eigenvalue weighted by Crippen LogP contribution is -2.35. The molecule has 0 saturated carbocycles. The first-order valence-corrected chi connectivity index (χ1v) is 9.36. The second-order valence-corrected chi connectivity index (χ2v) is 7.71. The van der Waals surface area contributed by atoms with Gasteiger partial charge in [0.2, 0.25) is 0 Å². The van der Waals surface area contributed by atoms with E-state index in [0.717, 1.165) is 11.1 Å². The molecule has 0 unspecified atom stereocenters. The highest BCUT2D eigenvalue weighted by molar-refractivity contribution is 7.95. The fraction of sp³-hybridized carbons (Fsp3) is 0.263. The number of anilines is 1. The average Bonchev–Trinajstić information content (AvgIpc) is 2.55. The van der Waals surface area contributed by atoms with Crippen molar-refractivity contribution in [3.8, 4) is 0 Å². The summed E-state index contributed by atoms with van der Waals surface area (Å²) in [6.07, 6.45) is 1.64. The first-order chi connectivity index (χ1) is 11.4. The van der Waals surface area contributed by atoms with Crippen LogP contribution in [0.15, 0.2) is 60.0 Å². The van der Waals surface area contributed by atoms with Crippen LogP contribution in [0.4, 0.5) is 5.69 Å². The molecule has 0 atom stereocenters. The normalized spacial score (nSPS) is 12.0. The van der Waals surface area contributed by atoms with Crippen molar-refractivity contribution < 1.29 is 8.42 Å². The molecule has 4 nitrogen and oxygen atoms in total. The molecule has 128 valence electrons. The van der Waals surface area contributed by atoms with Gasteiger partial charge in [-0.05, 0) is 44.8 Å². The predicted molar refractivity (Wildman–Crippen MR) is 101 cm³/mol. The number of nitrogens with zero attached hydrogens (tertiary/aromatic N) is 2. The monoisotopic (exact) mass is 344 g/mol. The van der Waals surface area contributed by atoms with Crippen molar-refractivity contribution in [2.45, 2.75) is 6.92 Å². The largest absolute Gasteiger partial charge is 0.308 e. The van der Waals surface area contributed by atoms with Crippen molar-refractivity contribution >= 4 is 21.8 Å². The third kappa shape index (κ3) is 5.22. The molecule has 2 rings (SSSR count). The molecule has 0 heterocycles. The Bertz CT molecular complexity index is 767. The van der Waals surface area contributed by atoms with E-state index in [9.17, 15) is 8.42 Å². The molecule has 0 amide bonds. The van der Waals surface area contributed by atoms with E-state index >= 15 is 0 Å². The minimum absolute atomic E-state index is 0.400. The second-order valence-electron chi connectivity index (χ2n) is 5.97. The zero-order chi connectivity index (χ0) is 17.6. The quantitative estimate of drug-likeness (QED) is 0.773. The van der Waals surface area contributed by atoms with Crippen LogP contribution in [0.1, 0.15) is 11.1 Å². The third-order valence-electron chi connectivity index (χ3n) is 3.61. The summed E-state index contributed by atoms with van der Waals surface area (Å²) in [5.74, 6) is 0. The summed E-state index contributed by atoms with van der Waals surface area (Å²) in [6.45, 7) is 3.05. The molecular weight excluding hydrogens is 320 g/mol. The van der Waals surface area contributed by atoms with Gasteiger partial charge in [0.05, 0.1) is 11.1 Å². The molecule has 24 heavy (non-hydrogen) atoms. The minimum atomic E-state index is -3.55. The van der Waals surface area contributed by atoms with Gasteiger partial charge in [-0.25, -0.2) is 8.42 Å². The van der Waals surface area contributed by atoms with E-state index in [-0.39, 0.29) is 0 Å². The first-order valence-electron chi connectivity index (χ1n) is 7.86. The Kier molecular flexibility index (Phi) is 6.17. The van der Waals surface area contributed by atoms with Crippen molar-refractivity contribution in [2.75, 3.05) is 31.5 Å². The van der Waals surface area contributed by atoms with E-state index in [2.05, 4.69) is 0 Å². The van der Waals surface area contributed by atoms with Crippen LogP contribution in [0.5, 0.6) is 0 Å². The van der Waals surface area contributed by atoms with E-state index < -0.39 is 10.0 Å². The zero-order valence-electron chi connectivity index (χ0n) is 14.4. The predicted octanol–water partition coefficient (Wildman–Crippen LogP) is 3.36. The Morgan fingerprint density at radius 2 is 1.54 bits per heavy atom. The highest BCUT2D eigenvalue weighted by Gasteiger charge is 2.19. The van der Waals surface area contributed by atoms with Crippen LogP contribution in [0.3, 0.4) is 0 Å². The van der Waals surface area contributed by atoms with E-state index in [1.165, 1.54) is 9.71 Å². The number of hydrogen-bond donors (Lipinski definition) is 0. The summed E-state index contributed by atoms with van der Waals surface area (Å²) in [4.78, 5) is 1.97. The standard InChI is InChI=1S/C19H24N2O2S/c1-17-9-11-18(12-10-17)13-16-24(22,23)21(15-14-20(2)3)19-7-5-4-6-8-19/h4-13,16H,14-15H2,1-3H3/b16-13+. The summed E-state index contributed by atoms with van der Waals surface area (Å²) in [5.41, 5.74) is 2.68. The lowest BCUT2D eigenvalue weighted by molar-refractivity contribution is 0.420. The van der Waals surface area contributed by atoms with E-state index in [0.29, 0.717) is 18.8 Å². The molecule has 0 aliphatic rings. The van der Waals surface area contributed by atoms with Crippen LogP contribution < -0.4 is 4.31 Å². The summed E-state index contributed by atoms with van der Waals surface area (Å²) < 4.78 is 27.1. The number of sulfonamides is 1. The zero-order valence-corrected chi connectivity index (χ0v) is 15.2. The minimum Gasteiger partial charge on any atom is -0.308 e. The van der Waals surface area contributed by atoms with Gasteiger partial charge in [-0.3, -0.25) is 4.31 Å². The van der Waals surface area contributed by atoms with E-state index in [1.54, 1.807) is 6.08 Å². The van der Waals surface area contributed by atoms with Gasteiger partial charge in [-0.2, -0.15) is 0 Å². The molecule has 0 radical (unpaired) electrons. The molecule has 0 aromatic heterocycles. The molecule has 0 aliphatic heterocycles. The van der Waals surface area contributed by atoms with Crippen molar-refractivity contribution in [3.05, 3.63) is 71.1 Å². The van der Waals surface area contributed by atoms with Gasteiger partial charge in [0.15, 0.2) is 0 Å². The van der Waals surface area contributed by atoms with E-state index in [4.69, 9.17) is 0 Å². The van der Waals surface area contributed by atoms with Gasteiger partial charge in [0, 0.05) is 13.1 Å². The number of hydrogen-bond acceptors (Lipinski definition) is 3. The molecule has 0 bridgehead atoms. The number of likely N-dealkylation sites (N-methyl/N-ethyl adjacent to an activating group) is 1. The van der Waals surface area contributed by atoms with Crippen LogP contribution in [-0.2, 0) is 10.0 Å². The molecular formula is C19H24N2O2S. The summed E-state index contributed by atoms with van der Waals surface area (Å²) >= 11 is 0. The second kappa shape index (κ2) is 8.13. The fourth-order valence-corrected chi connectivity index (χ4v) is 3.43. The molecule has 5 heteroatoms. The fourth-order valence-electron chi connectivity index (χ4n) is 2.20. The maximum atomic E-state index is 12.8. The number of aryl methyl sites for hydroxylation is 1. The number of para-hydroxylation sites is 1. The van der Waals surface area contributed by atoms with Gasteiger partial charge in [0.1, 0.15) is 0 Å². The summed E-state index contributed by atoms with van der Waals surface area (Å²) in [7, 11) is 0.304. The Morgan fingerprint density at radius 1 is 0.917 bits per heavy atom. The van der Waals surface area contributed by atoms with E-state index in [1.807, 2.05) is 80.5 Å². The topological polar surface area (TPSA) is 40.6 Å². The highest BCUT2D eigenvalue weighted by atomic mass is 32.2. The maximum Gasteiger partial charge on any atom is 0.257 e. The van der Waals surface area contributed by atoms with Crippen LogP contribution in [0, 0.1) is 6.92 Å². The smallest absolute Gasteiger partial charge is 0.257 e. The molecule has 2 aromatic rings. The van der Waals surface area contributed by atoms with Crippen molar-refractivity contribution in [1.82, 2.24) is 4.90 Å². The molecule has 0 fully saturated rings. The van der Waals surface area contributed by atoms with Crippen LogP contribution in [-0.4, -0.2) is 40.5 Å². The summed E-state index contributed by atoms with van der Waals surface area (Å²) in [6, 6.07) is 16.9. The van der Waals surface area contributed by atoms with Crippen LogP contribution in [0.2, 0.25) is 0 Å². The third-order valence-corrected chi connectivity index (χ3v) is 5.10. The average molecular weight is 344 g/mol.